The van der Waals surface area contributed by atoms with E-state index in [0.29, 0.717) is 49.0 Å². The molecule has 13 atom stereocenters. The van der Waals surface area contributed by atoms with Crippen LogP contribution in [0.25, 0.3) is 0 Å². The molecule has 6 heterocycles. The van der Waals surface area contributed by atoms with Gasteiger partial charge in [0, 0.05) is 64.8 Å². The zero-order valence-electron chi connectivity index (χ0n) is 53.6. The van der Waals surface area contributed by atoms with E-state index in [-0.39, 0.29) is 144 Å². The van der Waals surface area contributed by atoms with Crippen LogP contribution in [0.1, 0.15) is 146 Å². The summed E-state index contributed by atoms with van der Waals surface area (Å²) in [7, 11) is 4.81. The molecule has 31 nitrogen and oxygen atoms in total. The molecular weight excluding hydrogens is 1390 g/mol. The first-order chi connectivity index (χ1) is 45.3. The second kappa shape index (κ2) is 48.2. The number of rotatable bonds is 30. The molecule has 0 aromatic heterocycles. The van der Waals surface area contributed by atoms with E-state index in [1.807, 2.05) is 23.5 Å². The zero-order chi connectivity index (χ0) is 71.9. The minimum Gasteiger partial charge on any atom is -0.481 e. The van der Waals surface area contributed by atoms with E-state index in [1.165, 1.54) is 35.2 Å². The Labute approximate surface area is 591 Å². The van der Waals surface area contributed by atoms with Gasteiger partial charge < -0.3 is 87.9 Å². The van der Waals surface area contributed by atoms with E-state index in [4.69, 9.17) is 21.7 Å². The van der Waals surface area contributed by atoms with Crippen molar-refractivity contribution in [3.63, 3.8) is 0 Å². The lowest BCUT2D eigenvalue weighted by Gasteiger charge is -2.17. The van der Waals surface area contributed by atoms with Crippen LogP contribution in [-0.2, 0) is 71.7 Å². The van der Waals surface area contributed by atoms with Gasteiger partial charge in [-0.3, -0.25) is 47.9 Å². The lowest BCUT2D eigenvalue weighted by Crippen LogP contribution is -2.42. The Bertz CT molecular complexity index is 2910. The molecule has 0 bridgehead atoms. The Morgan fingerprint density at radius 3 is 1.24 bits per heavy atom. The molecule has 0 aliphatic carbocycles. The minimum atomic E-state index is -1.74. The highest BCUT2D eigenvalue weighted by Crippen LogP contribution is 2.36. The van der Waals surface area contributed by atoms with E-state index in [1.54, 1.807) is 11.8 Å². The number of aliphatic carboxylic acids is 2. The topological polar surface area (TPSA) is 474 Å². The molecule has 570 valence electrons. The maximum absolute atomic E-state index is 13.4. The molecule has 1 aromatic carbocycles. The van der Waals surface area contributed by atoms with E-state index >= 15 is 0 Å². The van der Waals surface area contributed by atoms with Gasteiger partial charge in [0.2, 0.25) is 29.2 Å². The van der Waals surface area contributed by atoms with Crippen LogP contribution < -0.4 is 58.7 Å². The van der Waals surface area contributed by atoms with Crippen LogP contribution in [0.2, 0.25) is 0 Å². The van der Waals surface area contributed by atoms with E-state index in [9.17, 15) is 84.7 Å². The summed E-state index contributed by atoms with van der Waals surface area (Å²) >= 11 is 5.42. The number of ketones is 2. The van der Waals surface area contributed by atoms with Gasteiger partial charge in [-0.05, 0) is 52.4 Å². The Morgan fingerprint density at radius 2 is 0.890 bits per heavy atom. The maximum atomic E-state index is 13.4. The van der Waals surface area contributed by atoms with Crippen LogP contribution in [-0.4, -0.2) is 215 Å². The van der Waals surface area contributed by atoms with E-state index in [0.717, 1.165) is 56.5 Å². The Morgan fingerprint density at radius 1 is 0.510 bits per heavy atom. The molecular formula is C62H100F4N10O21S3. The third kappa shape index (κ3) is 32.7. The number of benzene rings is 1. The van der Waals surface area contributed by atoms with Crippen LogP contribution in [0.4, 0.5) is 31.9 Å². The smallest absolute Gasteiger partial charge is 0.328 e. The number of carbonyl (C=O) groups is 14. The fourth-order valence-corrected chi connectivity index (χ4v) is 14.7. The van der Waals surface area contributed by atoms with Crippen molar-refractivity contribution < 1.29 is 119 Å². The van der Waals surface area contributed by atoms with Crippen molar-refractivity contribution in [2.45, 2.75) is 222 Å². The van der Waals surface area contributed by atoms with Gasteiger partial charge in [-0.25, -0.2) is 28.0 Å². The highest BCUT2D eigenvalue weighted by atomic mass is 32.2. The lowest BCUT2D eigenvalue weighted by atomic mass is 10.0. The van der Waals surface area contributed by atoms with Crippen molar-refractivity contribution in [3.05, 3.63) is 29.3 Å². The maximum Gasteiger partial charge on any atom is 0.328 e. The summed E-state index contributed by atoms with van der Waals surface area (Å²) in [6.07, 6.45) is 6.30. The first kappa shape index (κ1) is 94.3. The standard InChI is InChI=1S/C16H16F4N2O3S.2C16H25N3O5S.2C5H9NO4.4CH4/c17-7-5-8(18)13(20)15(12(7)19)25-11(23)4-2-1-3-10-14-9(6-26-10)21-16(24)22-14;1-9(20)10(7-14(22)24-2)17-13(21)6-4-3-5-12-15-11(8-25-12)18-16(23)19-15;1-9(20)7-10(15(22)24-2)17-13(21)6-4-3-5-12-14-11(8-25-12)18-16(23)19-14;1-10-4(7)2-3(6)5(8)9;1-10-5(9)3(6)2-4(7)8;;;;/h5,9-10,14H,1-4,6H2,(H2,21,22,24);10-12,15H,3-8H2,1-2H3,(H,17,21)(H2,18,19,23);10-12,14H,3-8H2,1-2H3,(H,17,21)(H2,18,19,23);3H,2,6H2,1H3,(H,8,9);3H,2,6H2,1H3,(H,7,8);4*1H4. The molecule has 13 unspecified atom stereocenters. The van der Waals surface area contributed by atoms with E-state index < -0.39 is 101 Å². The first-order valence-corrected chi connectivity index (χ1v) is 33.4. The molecule has 14 N–H and O–H groups in total. The van der Waals surface area contributed by atoms with Gasteiger partial charge in [0.25, 0.3) is 0 Å². The van der Waals surface area contributed by atoms with Crippen molar-refractivity contribution >= 4 is 119 Å². The Hall–Kier alpha value is -7.71. The quantitative estimate of drug-likeness (QED) is 0.00983. The summed E-state index contributed by atoms with van der Waals surface area (Å²) in [4.78, 5) is 156. The summed E-state index contributed by atoms with van der Waals surface area (Å²) in [5, 5.41) is 39.8. The van der Waals surface area contributed by atoms with Crippen molar-refractivity contribution in [3.8, 4) is 5.75 Å². The molecule has 6 aliphatic rings. The number of Topliss-reactive ketones (excluding diaryl/α,β-unsaturated/α-hetero) is 2. The molecule has 0 spiro atoms. The van der Waals surface area contributed by atoms with Crippen molar-refractivity contribution in [2.75, 3.05) is 45.7 Å². The predicted molar refractivity (Wildman–Crippen MR) is 364 cm³/mol. The monoisotopic (exact) mass is 1490 g/mol. The lowest BCUT2D eigenvalue weighted by molar-refractivity contribution is -0.147. The summed E-state index contributed by atoms with van der Waals surface area (Å²) in [5.41, 5.74) is 10.1. The van der Waals surface area contributed by atoms with Crippen LogP contribution in [0, 0.1) is 23.3 Å². The molecule has 38 heteroatoms. The van der Waals surface area contributed by atoms with Crippen molar-refractivity contribution in [1.82, 2.24) is 42.5 Å². The van der Waals surface area contributed by atoms with Crippen molar-refractivity contribution in [1.29, 1.82) is 0 Å². The number of carboxylic acid groups (broad SMARTS) is 2. The third-order valence-corrected chi connectivity index (χ3v) is 19.6. The van der Waals surface area contributed by atoms with E-state index in [2.05, 4.69) is 66.2 Å². The number of unbranched alkanes of at least 4 members (excludes halogenated alkanes) is 3. The number of ether oxygens (including phenoxy) is 5. The Kier molecular flexibility index (Phi) is 45.5. The second-order valence-corrected chi connectivity index (χ2v) is 26.2. The number of thioether (sulfide) groups is 3. The van der Waals surface area contributed by atoms with Crippen LogP contribution in [0.5, 0.6) is 5.75 Å². The van der Waals surface area contributed by atoms with Crippen LogP contribution in [0.15, 0.2) is 6.07 Å². The second-order valence-electron chi connectivity index (χ2n) is 22.4. The molecule has 0 saturated carbocycles. The zero-order valence-corrected chi connectivity index (χ0v) is 56.0. The molecule has 6 fully saturated rings. The van der Waals surface area contributed by atoms with Gasteiger partial charge in [-0.1, -0.05) is 49.0 Å². The number of nitrogens with two attached hydrogens (primary N) is 2. The first-order valence-electron chi connectivity index (χ1n) is 30.3. The number of fused-ring (bicyclic) bond motifs is 3. The number of methoxy groups -OCH3 is 4. The molecule has 6 aliphatic heterocycles. The third-order valence-electron chi connectivity index (χ3n) is 15.1. The fourth-order valence-electron chi connectivity index (χ4n) is 10.1. The van der Waals surface area contributed by atoms with Gasteiger partial charge >= 0.3 is 59.9 Å². The van der Waals surface area contributed by atoms with Gasteiger partial charge in [-0.2, -0.15) is 44.1 Å². The SMILES string of the molecule is C.C.C.C.COC(=O)C(CC(C)=O)NC(=O)CCCCC1SCC2NC(=O)NC21.COC(=O)C(N)CC(=O)O.COC(=O)CC(N)C(=O)O.COC(=O)CC(NC(=O)CCCCC1SCC2NC(=O)NC21)C(C)=O.O=C1NC2CSC(CCCCC(=O)Oc3c(F)c(F)cc(F)c3F)C2N1. The molecule has 8 amide bonds. The van der Waals surface area contributed by atoms with Crippen molar-refractivity contribution in [2.24, 2.45) is 11.5 Å². The summed E-state index contributed by atoms with van der Waals surface area (Å²) in [5.74, 6) is -12.1. The number of carboxylic acids is 2. The molecule has 1 aromatic rings. The molecule has 7 rings (SSSR count). The number of halogens is 4. The number of hydrogen-bond donors (Lipinski definition) is 12. The highest BCUT2D eigenvalue weighted by molar-refractivity contribution is 8.00. The van der Waals surface area contributed by atoms with Gasteiger partial charge in [0.05, 0.1) is 90.0 Å². The number of carbonyl (C=O) groups excluding carboxylic acids is 12. The fraction of sp³-hybridized carbons (Fsp3) is 0.677. The largest absolute Gasteiger partial charge is 0.481 e. The summed E-state index contributed by atoms with van der Waals surface area (Å²) in [6, 6.07) is -3.36. The van der Waals surface area contributed by atoms with Gasteiger partial charge in [0.15, 0.2) is 17.4 Å². The predicted octanol–water partition coefficient (Wildman–Crippen LogP) is 4.04. The summed E-state index contributed by atoms with van der Waals surface area (Å²) < 4.78 is 75.0. The molecule has 0 radical (unpaired) electrons. The van der Waals surface area contributed by atoms with Crippen LogP contribution >= 0.6 is 35.3 Å². The highest BCUT2D eigenvalue weighted by Gasteiger charge is 2.45. The Balaban J connectivity index is 0. The molecule has 100 heavy (non-hydrogen) atoms. The average molecular weight is 1490 g/mol. The van der Waals surface area contributed by atoms with Crippen LogP contribution in [0.3, 0.4) is 0 Å². The number of nitrogens with one attached hydrogen (secondary N) is 8. The molecule has 6 saturated heterocycles. The number of hydrogen-bond acceptors (Lipinski definition) is 24. The normalized spacial score (nSPS) is 21.5. The average Bonchev–Trinajstić information content (AvgIpc) is 1.55. The number of urea groups is 3. The number of amides is 8. The number of esters is 5. The minimum absolute atomic E-state index is 0. The van der Waals surface area contributed by atoms with Gasteiger partial charge in [-0.15, -0.1) is 0 Å². The van der Waals surface area contributed by atoms with Gasteiger partial charge in [0.1, 0.15) is 23.9 Å². The summed E-state index contributed by atoms with van der Waals surface area (Å²) in [6.45, 7) is 2.71.